The Morgan fingerprint density at radius 3 is 3.15 bits per heavy atom. The van der Waals surface area contributed by atoms with E-state index in [1.807, 2.05) is 42.5 Å². The van der Waals surface area contributed by atoms with Crippen LogP contribution in [0.15, 0.2) is 62.0 Å². The first kappa shape index (κ1) is 15.8. The molecule has 1 N–H and O–H groups in total. The average Bonchev–Trinajstić information content (AvgIpc) is 3.33. The first-order chi connectivity index (χ1) is 12.8. The molecule has 0 saturated carbocycles. The minimum Gasteiger partial charge on any atom is -0.431 e. The van der Waals surface area contributed by atoms with Crippen molar-refractivity contribution in [3.63, 3.8) is 0 Å². The molecular formula is C18H14N4O2S2. The normalized spacial score (nSPS) is 15.1. The van der Waals surface area contributed by atoms with Gasteiger partial charge in [-0.2, -0.15) is 0 Å². The van der Waals surface area contributed by atoms with E-state index in [1.54, 1.807) is 11.8 Å². The zero-order valence-corrected chi connectivity index (χ0v) is 15.3. The van der Waals surface area contributed by atoms with E-state index in [9.17, 15) is 4.79 Å². The number of aromatic nitrogens is 1. The van der Waals surface area contributed by atoms with E-state index in [0.717, 1.165) is 40.7 Å². The van der Waals surface area contributed by atoms with E-state index in [0.29, 0.717) is 5.22 Å². The summed E-state index contributed by atoms with van der Waals surface area (Å²) in [7, 11) is 0. The summed E-state index contributed by atoms with van der Waals surface area (Å²) in [6.07, 6.45) is 0. The molecule has 0 aliphatic carbocycles. The highest BCUT2D eigenvalue weighted by Crippen LogP contribution is 2.43. The van der Waals surface area contributed by atoms with Crippen molar-refractivity contribution in [2.24, 2.45) is 4.99 Å². The number of fused-ring (bicyclic) bond motifs is 4. The highest BCUT2D eigenvalue weighted by molar-refractivity contribution is 8.14. The summed E-state index contributed by atoms with van der Waals surface area (Å²) >= 11 is 2.97. The van der Waals surface area contributed by atoms with E-state index in [4.69, 9.17) is 4.42 Å². The molecular weight excluding hydrogens is 368 g/mol. The number of para-hydroxylation sites is 2. The molecule has 0 spiro atoms. The number of nitrogens with one attached hydrogen (secondary N) is 1. The van der Waals surface area contributed by atoms with Crippen LogP contribution in [0.3, 0.4) is 0 Å². The smallest absolute Gasteiger partial charge is 0.257 e. The van der Waals surface area contributed by atoms with Gasteiger partial charge in [0, 0.05) is 17.1 Å². The van der Waals surface area contributed by atoms with Crippen molar-refractivity contribution < 1.29 is 9.21 Å². The van der Waals surface area contributed by atoms with Crippen molar-refractivity contribution in [1.29, 1.82) is 0 Å². The number of rotatable bonds is 4. The fourth-order valence-corrected chi connectivity index (χ4v) is 4.67. The van der Waals surface area contributed by atoms with Crippen molar-refractivity contribution in [2.75, 3.05) is 29.1 Å². The molecule has 8 heteroatoms. The SMILES string of the molecule is O=C(CSc1nc2ccccc2o1)Nc1ccc2c(c1)N1CCN=C1S2. The second-order valence-electron chi connectivity index (χ2n) is 5.88. The number of benzene rings is 2. The first-order valence-corrected chi connectivity index (χ1v) is 9.98. The Balaban J connectivity index is 1.25. The van der Waals surface area contributed by atoms with Crippen LogP contribution in [0, 0.1) is 0 Å². The lowest BCUT2D eigenvalue weighted by Gasteiger charge is -2.13. The molecule has 1 aromatic heterocycles. The molecule has 2 aliphatic rings. The molecule has 130 valence electrons. The van der Waals surface area contributed by atoms with Crippen molar-refractivity contribution in [3.8, 4) is 0 Å². The zero-order valence-electron chi connectivity index (χ0n) is 13.6. The summed E-state index contributed by atoms with van der Waals surface area (Å²) < 4.78 is 5.63. The fraction of sp³-hybridized carbons (Fsp3) is 0.167. The Morgan fingerprint density at radius 1 is 1.31 bits per heavy atom. The molecule has 5 rings (SSSR count). The van der Waals surface area contributed by atoms with Crippen LogP contribution < -0.4 is 10.2 Å². The number of hydrogen-bond acceptors (Lipinski definition) is 7. The molecule has 26 heavy (non-hydrogen) atoms. The standard InChI is InChI=1S/C18H14N4O2S2/c23-16(10-25-18-21-12-3-1-2-4-14(12)24-18)20-11-5-6-15-13(9-11)22-8-7-19-17(22)26-15/h1-6,9H,7-8,10H2,(H,20,23). The van der Waals surface area contributed by atoms with Gasteiger partial charge in [0.1, 0.15) is 5.52 Å². The number of aliphatic imine (C=N–C) groups is 1. The van der Waals surface area contributed by atoms with Crippen LogP contribution in [-0.4, -0.2) is 34.9 Å². The fourth-order valence-electron chi connectivity index (χ4n) is 2.97. The van der Waals surface area contributed by atoms with Gasteiger partial charge in [0.2, 0.25) is 5.91 Å². The summed E-state index contributed by atoms with van der Waals surface area (Å²) in [5.74, 6) is 0.160. The van der Waals surface area contributed by atoms with Crippen molar-refractivity contribution >= 4 is 57.1 Å². The molecule has 0 unspecified atom stereocenters. The zero-order chi connectivity index (χ0) is 17.5. The summed E-state index contributed by atoms with van der Waals surface area (Å²) in [6, 6.07) is 13.5. The van der Waals surface area contributed by atoms with E-state index in [2.05, 4.69) is 20.2 Å². The molecule has 3 heterocycles. The maximum absolute atomic E-state index is 12.3. The van der Waals surface area contributed by atoms with Crippen molar-refractivity contribution in [2.45, 2.75) is 10.1 Å². The number of oxazole rings is 1. The number of carbonyl (C=O) groups excluding carboxylic acids is 1. The number of amidine groups is 1. The molecule has 0 saturated heterocycles. The van der Waals surface area contributed by atoms with Gasteiger partial charge in [-0.3, -0.25) is 9.79 Å². The van der Waals surface area contributed by atoms with Gasteiger partial charge in [-0.25, -0.2) is 4.98 Å². The van der Waals surface area contributed by atoms with Crippen LogP contribution in [0.1, 0.15) is 0 Å². The van der Waals surface area contributed by atoms with Gasteiger partial charge in [-0.15, -0.1) is 0 Å². The Hall–Kier alpha value is -2.45. The monoisotopic (exact) mass is 382 g/mol. The number of hydrogen-bond donors (Lipinski definition) is 1. The highest BCUT2D eigenvalue weighted by atomic mass is 32.2. The highest BCUT2D eigenvalue weighted by Gasteiger charge is 2.29. The van der Waals surface area contributed by atoms with E-state index < -0.39 is 0 Å². The average molecular weight is 382 g/mol. The van der Waals surface area contributed by atoms with Gasteiger partial charge >= 0.3 is 0 Å². The molecule has 3 aromatic rings. The predicted octanol–water partition coefficient (Wildman–Crippen LogP) is 3.84. The summed E-state index contributed by atoms with van der Waals surface area (Å²) in [5, 5.41) is 4.51. The van der Waals surface area contributed by atoms with Crippen LogP contribution in [0.2, 0.25) is 0 Å². The number of nitrogens with zero attached hydrogens (tertiary/aromatic N) is 3. The van der Waals surface area contributed by atoms with E-state index >= 15 is 0 Å². The third-order valence-electron chi connectivity index (χ3n) is 4.14. The number of amides is 1. The molecule has 6 nitrogen and oxygen atoms in total. The Kier molecular flexibility index (Phi) is 3.86. The summed E-state index contributed by atoms with van der Waals surface area (Å²) in [4.78, 5) is 24.5. The second-order valence-corrected chi connectivity index (χ2v) is 7.82. The minimum absolute atomic E-state index is 0.0850. The van der Waals surface area contributed by atoms with Gasteiger partial charge in [0.15, 0.2) is 10.8 Å². The van der Waals surface area contributed by atoms with E-state index in [-0.39, 0.29) is 11.7 Å². The maximum Gasteiger partial charge on any atom is 0.257 e. The summed E-state index contributed by atoms with van der Waals surface area (Å²) in [6.45, 7) is 1.74. The lowest BCUT2D eigenvalue weighted by atomic mass is 10.2. The van der Waals surface area contributed by atoms with Gasteiger partial charge in [0.05, 0.1) is 18.0 Å². The Labute approximate surface area is 158 Å². The lowest BCUT2D eigenvalue weighted by Crippen LogP contribution is -2.21. The maximum atomic E-state index is 12.3. The van der Waals surface area contributed by atoms with Gasteiger partial charge < -0.3 is 14.6 Å². The van der Waals surface area contributed by atoms with Crippen LogP contribution in [0.5, 0.6) is 0 Å². The van der Waals surface area contributed by atoms with Crippen LogP contribution in [0.25, 0.3) is 11.1 Å². The lowest BCUT2D eigenvalue weighted by molar-refractivity contribution is -0.113. The third kappa shape index (κ3) is 2.85. The molecule has 1 amide bonds. The Morgan fingerprint density at radius 2 is 2.23 bits per heavy atom. The molecule has 0 atom stereocenters. The minimum atomic E-state index is -0.0850. The van der Waals surface area contributed by atoms with E-state index in [1.165, 1.54) is 16.7 Å². The second kappa shape index (κ2) is 6.37. The largest absolute Gasteiger partial charge is 0.431 e. The van der Waals surface area contributed by atoms with Crippen LogP contribution in [0.4, 0.5) is 11.4 Å². The van der Waals surface area contributed by atoms with Crippen LogP contribution >= 0.6 is 23.5 Å². The summed E-state index contributed by atoms with van der Waals surface area (Å²) in [5.41, 5.74) is 3.44. The predicted molar refractivity (Wildman–Crippen MR) is 105 cm³/mol. The topological polar surface area (TPSA) is 70.7 Å². The van der Waals surface area contributed by atoms with Crippen LogP contribution in [-0.2, 0) is 4.79 Å². The number of thioether (sulfide) groups is 2. The quantitative estimate of drug-likeness (QED) is 0.692. The van der Waals surface area contributed by atoms with Crippen molar-refractivity contribution in [1.82, 2.24) is 4.98 Å². The molecule has 2 aliphatic heterocycles. The van der Waals surface area contributed by atoms with Gasteiger partial charge in [0.25, 0.3) is 5.22 Å². The van der Waals surface area contributed by atoms with Gasteiger partial charge in [-0.1, -0.05) is 23.9 Å². The van der Waals surface area contributed by atoms with Crippen molar-refractivity contribution in [3.05, 3.63) is 42.5 Å². The Bertz CT molecular complexity index is 1010. The first-order valence-electron chi connectivity index (χ1n) is 8.18. The molecule has 2 aromatic carbocycles. The molecule has 0 fully saturated rings. The molecule has 0 radical (unpaired) electrons. The van der Waals surface area contributed by atoms with Gasteiger partial charge in [-0.05, 0) is 42.1 Å². The third-order valence-corrected chi connectivity index (χ3v) is 6.06. The molecule has 0 bridgehead atoms. The number of carbonyl (C=O) groups is 1. The number of anilines is 2.